The third-order valence-electron chi connectivity index (χ3n) is 3.48. The van der Waals surface area contributed by atoms with E-state index >= 15 is 0 Å². The van der Waals surface area contributed by atoms with E-state index in [0.29, 0.717) is 11.7 Å². The molecule has 0 aliphatic heterocycles. The molecule has 0 spiro atoms. The van der Waals surface area contributed by atoms with E-state index in [-0.39, 0.29) is 5.91 Å². The largest absolute Gasteiger partial charge is 0.357 e. The number of hydrogen-bond acceptors (Lipinski definition) is 3. The van der Waals surface area contributed by atoms with Crippen LogP contribution in [0.3, 0.4) is 0 Å². The lowest BCUT2D eigenvalue weighted by atomic mass is 10.0. The van der Waals surface area contributed by atoms with Crippen LogP contribution in [0.2, 0.25) is 0 Å². The summed E-state index contributed by atoms with van der Waals surface area (Å²) < 4.78 is 0. The van der Waals surface area contributed by atoms with Crippen molar-refractivity contribution in [1.82, 2.24) is 10.6 Å². The van der Waals surface area contributed by atoms with Crippen molar-refractivity contribution in [2.45, 2.75) is 6.54 Å². The molecule has 3 aromatic rings. The lowest BCUT2D eigenvalue weighted by Gasteiger charge is -2.06. The lowest BCUT2D eigenvalue weighted by Crippen LogP contribution is -2.37. The van der Waals surface area contributed by atoms with E-state index in [0.717, 1.165) is 21.2 Å². The maximum Gasteiger partial charge on any atom is 0.250 e. The summed E-state index contributed by atoms with van der Waals surface area (Å²) in [6.07, 6.45) is 3.31. The molecule has 120 valence electrons. The molecule has 2 aromatic carbocycles. The molecule has 1 amide bonds. The molecule has 0 unspecified atom stereocenters. The Balaban J connectivity index is 1.59. The molecule has 3 rings (SSSR count). The van der Waals surface area contributed by atoms with Crippen LogP contribution in [0.1, 0.15) is 10.4 Å². The second kappa shape index (κ2) is 7.86. The summed E-state index contributed by atoms with van der Waals surface area (Å²) in [5.41, 5.74) is 1.00. The Kier molecular flexibility index (Phi) is 5.36. The number of hydrogen-bond donors (Lipinski definition) is 2. The molecule has 5 heteroatoms. The fourth-order valence-corrected chi connectivity index (χ4v) is 3.16. The van der Waals surface area contributed by atoms with Gasteiger partial charge in [0.25, 0.3) is 0 Å². The van der Waals surface area contributed by atoms with Gasteiger partial charge in [-0.05, 0) is 46.1 Å². The molecule has 24 heavy (non-hydrogen) atoms. The number of carbonyl (C=O) groups excluding carboxylic acids is 1. The number of rotatable bonds is 4. The predicted molar refractivity (Wildman–Crippen MR) is 105 cm³/mol. The van der Waals surface area contributed by atoms with E-state index in [1.54, 1.807) is 17.4 Å². The topological polar surface area (TPSA) is 41.1 Å². The summed E-state index contributed by atoms with van der Waals surface area (Å²) in [6.45, 7) is 0.615. The van der Waals surface area contributed by atoms with E-state index in [1.807, 2.05) is 47.8 Å². The average molecular weight is 352 g/mol. The zero-order chi connectivity index (χ0) is 16.8. The van der Waals surface area contributed by atoms with Crippen molar-refractivity contribution in [3.05, 3.63) is 76.5 Å². The van der Waals surface area contributed by atoms with Gasteiger partial charge in [-0.2, -0.15) is 0 Å². The summed E-state index contributed by atoms with van der Waals surface area (Å²) in [7, 11) is 0. The standard InChI is InChI=1S/C19H16N2OS2/c22-18(21-19(23)20-13-16-8-4-12-24-16)11-10-15-7-3-6-14-5-1-2-9-17(14)15/h1-12H,13H2,(H2,20,21,22,23)/b11-10+. The van der Waals surface area contributed by atoms with Crippen LogP contribution >= 0.6 is 23.6 Å². The molecule has 1 aromatic heterocycles. The molecule has 2 N–H and O–H groups in total. The minimum Gasteiger partial charge on any atom is -0.357 e. The van der Waals surface area contributed by atoms with Crippen LogP contribution in [0.4, 0.5) is 0 Å². The normalized spacial score (nSPS) is 10.8. The van der Waals surface area contributed by atoms with Crippen molar-refractivity contribution in [2.24, 2.45) is 0 Å². The Bertz CT molecular complexity index is 880. The maximum atomic E-state index is 12.0. The van der Waals surface area contributed by atoms with Crippen LogP contribution in [-0.4, -0.2) is 11.0 Å². The number of thiocarbonyl (C=S) groups is 1. The van der Waals surface area contributed by atoms with E-state index in [4.69, 9.17) is 12.2 Å². The first-order valence-corrected chi connectivity index (χ1v) is 8.78. The first-order chi connectivity index (χ1) is 11.7. The Morgan fingerprint density at radius 1 is 1.08 bits per heavy atom. The molecular weight excluding hydrogens is 336 g/mol. The van der Waals surface area contributed by atoms with Crippen molar-refractivity contribution in [3.63, 3.8) is 0 Å². The first-order valence-electron chi connectivity index (χ1n) is 7.49. The highest BCUT2D eigenvalue weighted by molar-refractivity contribution is 7.80. The second-order valence-corrected chi connectivity index (χ2v) is 6.59. The smallest absolute Gasteiger partial charge is 0.250 e. The van der Waals surface area contributed by atoms with E-state index in [1.165, 1.54) is 6.08 Å². The SMILES string of the molecule is O=C(/C=C/c1cccc2ccccc12)NC(=S)NCc1cccs1. The van der Waals surface area contributed by atoms with Crippen molar-refractivity contribution in [2.75, 3.05) is 0 Å². The molecule has 1 heterocycles. The van der Waals surface area contributed by atoms with Gasteiger partial charge in [0.15, 0.2) is 5.11 Å². The molecule has 0 atom stereocenters. The average Bonchev–Trinajstić information content (AvgIpc) is 3.11. The highest BCUT2D eigenvalue weighted by Crippen LogP contribution is 2.19. The Hall–Kier alpha value is -2.50. The van der Waals surface area contributed by atoms with Crippen LogP contribution in [-0.2, 0) is 11.3 Å². The molecule has 0 saturated carbocycles. The van der Waals surface area contributed by atoms with Gasteiger partial charge in [0, 0.05) is 11.0 Å². The first kappa shape index (κ1) is 16.4. The molecule has 0 bridgehead atoms. The van der Waals surface area contributed by atoms with Gasteiger partial charge in [-0.25, -0.2) is 0 Å². The minimum atomic E-state index is -0.244. The zero-order valence-corrected chi connectivity index (χ0v) is 14.5. The number of fused-ring (bicyclic) bond motifs is 1. The molecule has 0 fully saturated rings. The fraction of sp³-hybridized carbons (Fsp3) is 0.0526. The highest BCUT2D eigenvalue weighted by atomic mass is 32.1. The zero-order valence-electron chi connectivity index (χ0n) is 12.9. The monoisotopic (exact) mass is 352 g/mol. The predicted octanol–water partition coefficient (Wildman–Crippen LogP) is 4.11. The van der Waals surface area contributed by atoms with E-state index in [9.17, 15) is 4.79 Å². The molecule has 0 aliphatic rings. The van der Waals surface area contributed by atoms with Gasteiger partial charge in [0.2, 0.25) is 5.91 Å². The maximum absolute atomic E-state index is 12.0. The number of benzene rings is 2. The van der Waals surface area contributed by atoms with Gasteiger partial charge < -0.3 is 5.32 Å². The number of nitrogens with one attached hydrogen (secondary N) is 2. The minimum absolute atomic E-state index is 0.244. The summed E-state index contributed by atoms with van der Waals surface area (Å²) in [6, 6.07) is 18.1. The quantitative estimate of drug-likeness (QED) is 0.548. The third kappa shape index (κ3) is 4.28. The van der Waals surface area contributed by atoms with Crippen LogP contribution in [0.5, 0.6) is 0 Å². The number of amides is 1. The van der Waals surface area contributed by atoms with E-state index in [2.05, 4.69) is 22.8 Å². The Labute approximate surface area is 150 Å². The van der Waals surface area contributed by atoms with Crippen molar-refractivity contribution in [3.8, 4) is 0 Å². The summed E-state index contributed by atoms with van der Waals surface area (Å²) in [5.74, 6) is -0.244. The summed E-state index contributed by atoms with van der Waals surface area (Å²) in [4.78, 5) is 13.2. The van der Waals surface area contributed by atoms with Gasteiger partial charge in [-0.3, -0.25) is 10.1 Å². The van der Waals surface area contributed by atoms with Crippen LogP contribution in [0.15, 0.2) is 66.1 Å². The number of thiophene rings is 1. The second-order valence-electron chi connectivity index (χ2n) is 5.15. The van der Waals surface area contributed by atoms with Gasteiger partial charge in [-0.15, -0.1) is 11.3 Å². The fourth-order valence-electron chi connectivity index (χ4n) is 2.34. The van der Waals surface area contributed by atoms with Crippen LogP contribution < -0.4 is 10.6 Å². The number of carbonyl (C=O) groups is 1. The van der Waals surface area contributed by atoms with Crippen molar-refractivity contribution < 1.29 is 4.79 Å². The van der Waals surface area contributed by atoms with E-state index < -0.39 is 0 Å². The van der Waals surface area contributed by atoms with Crippen LogP contribution in [0, 0.1) is 0 Å². The van der Waals surface area contributed by atoms with Crippen molar-refractivity contribution >= 4 is 51.4 Å². The molecule has 3 nitrogen and oxygen atoms in total. The Morgan fingerprint density at radius 2 is 1.92 bits per heavy atom. The van der Waals surface area contributed by atoms with Crippen molar-refractivity contribution in [1.29, 1.82) is 0 Å². The third-order valence-corrected chi connectivity index (χ3v) is 4.60. The molecule has 0 saturated heterocycles. The molecule has 0 aliphatic carbocycles. The molecule has 0 radical (unpaired) electrons. The summed E-state index contributed by atoms with van der Waals surface area (Å²) in [5, 5.41) is 10.3. The van der Waals surface area contributed by atoms with Gasteiger partial charge in [0.1, 0.15) is 0 Å². The van der Waals surface area contributed by atoms with Gasteiger partial charge >= 0.3 is 0 Å². The van der Waals surface area contributed by atoms with Crippen LogP contribution in [0.25, 0.3) is 16.8 Å². The lowest BCUT2D eigenvalue weighted by molar-refractivity contribution is -0.115. The molecular formula is C19H16N2OS2. The van der Waals surface area contributed by atoms with Gasteiger partial charge in [0.05, 0.1) is 6.54 Å². The van der Waals surface area contributed by atoms with Gasteiger partial charge in [-0.1, -0.05) is 48.5 Å². The Morgan fingerprint density at radius 3 is 2.75 bits per heavy atom. The highest BCUT2D eigenvalue weighted by Gasteiger charge is 2.02. The summed E-state index contributed by atoms with van der Waals surface area (Å²) >= 11 is 6.78.